The molecule has 5 nitrogen and oxygen atoms in total. The molecule has 2 aliphatic rings. The Morgan fingerprint density at radius 2 is 2.33 bits per heavy atom. The molecule has 110 valence electrons. The average molecular weight is 285 g/mol. The van der Waals surface area contributed by atoms with Crippen molar-refractivity contribution in [2.75, 3.05) is 6.79 Å². The van der Waals surface area contributed by atoms with Gasteiger partial charge in [0.2, 0.25) is 6.79 Å². The number of hydrogen-bond acceptors (Lipinski definition) is 4. The fraction of sp³-hybridized carbons (Fsp3) is 0.438. The third-order valence-corrected chi connectivity index (χ3v) is 4.39. The second kappa shape index (κ2) is 5.07. The second-order valence-corrected chi connectivity index (χ2v) is 5.65. The van der Waals surface area contributed by atoms with Crippen molar-refractivity contribution < 1.29 is 9.47 Å². The Balaban J connectivity index is 1.52. The van der Waals surface area contributed by atoms with Gasteiger partial charge in [0.1, 0.15) is 0 Å². The fourth-order valence-corrected chi connectivity index (χ4v) is 3.28. The van der Waals surface area contributed by atoms with E-state index in [1.807, 2.05) is 30.1 Å². The Kier molecular flexibility index (Phi) is 3.07. The zero-order valence-corrected chi connectivity index (χ0v) is 12.1. The summed E-state index contributed by atoms with van der Waals surface area (Å²) in [5.74, 6) is 1.73. The molecular formula is C16H19N3O2. The van der Waals surface area contributed by atoms with E-state index in [0.717, 1.165) is 36.4 Å². The number of benzene rings is 1. The summed E-state index contributed by atoms with van der Waals surface area (Å²) >= 11 is 0. The van der Waals surface area contributed by atoms with Crippen molar-refractivity contribution in [1.29, 1.82) is 0 Å². The van der Waals surface area contributed by atoms with E-state index in [1.165, 1.54) is 17.7 Å². The van der Waals surface area contributed by atoms with Gasteiger partial charge >= 0.3 is 0 Å². The minimum Gasteiger partial charge on any atom is -0.454 e. The van der Waals surface area contributed by atoms with Gasteiger partial charge in [-0.2, -0.15) is 5.10 Å². The molecule has 1 unspecified atom stereocenters. The molecule has 0 spiro atoms. The highest BCUT2D eigenvalue weighted by Crippen LogP contribution is 2.36. The number of ether oxygens (including phenoxy) is 2. The summed E-state index contributed by atoms with van der Waals surface area (Å²) in [6, 6.07) is 6.43. The number of nitrogens with zero attached hydrogens (tertiary/aromatic N) is 2. The SMILES string of the molecule is Cn1ncc2c1CCCC2NCc1cccc2c1OCO2. The van der Waals surface area contributed by atoms with Gasteiger partial charge in [-0.3, -0.25) is 4.68 Å². The minimum atomic E-state index is 0.322. The number of hydrogen-bond donors (Lipinski definition) is 1. The number of rotatable bonds is 3. The molecule has 2 aromatic rings. The van der Waals surface area contributed by atoms with Crippen molar-refractivity contribution >= 4 is 0 Å². The molecule has 0 amide bonds. The van der Waals surface area contributed by atoms with E-state index in [1.54, 1.807) is 0 Å². The first-order valence-corrected chi connectivity index (χ1v) is 7.44. The van der Waals surface area contributed by atoms with Crippen LogP contribution in [0.1, 0.15) is 35.7 Å². The normalized spacial score (nSPS) is 19.6. The summed E-state index contributed by atoms with van der Waals surface area (Å²) in [6.07, 6.45) is 5.49. The molecule has 4 rings (SSSR count). The number of aryl methyl sites for hydroxylation is 1. The Bertz CT molecular complexity index is 666. The number of para-hydroxylation sites is 1. The summed E-state index contributed by atoms with van der Waals surface area (Å²) < 4.78 is 13.0. The highest BCUT2D eigenvalue weighted by molar-refractivity contribution is 5.48. The van der Waals surface area contributed by atoms with Crippen LogP contribution in [-0.2, 0) is 20.0 Å². The summed E-state index contributed by atoms with van der Waals surface area (Å²) in [6.45, 7) is 1.11. The van der Waals surface area contributed by atoms with Crippen LogP contribution in [0.15, 0.2) is 24.4 Å². The van der Waals surface area contributed by atoms with E-state index < -0.39 is 0 Å². The van der Waals surface area contributed by atoms with Crippen LogP contribution in [0.5, 0.6) is 11.5 Å². The molecule has 1 aromatic carbocycles. The Morgan fingerprint density at radius 3 is 3.29 bits per heavy atom. The maximum Gasteiger partial charge on any atom is 0.231 e. The van der Waals surface area contributed by atoms with Crippen molar-refractivity contribution in [2.45, 2.75) is 31.8 Å². The Morgan fingerprint density at radius 1 is 1.38 bits per heavy atom. The molecule has 0 radical (unpaired) electrons. The van der Waals surface area contributed by atoms with E-state index in [4.69, 9.17) is 9.47 Å². The third-order valence-electron chi connectivity index (χ3n) is 4.39. The highest BCUT2D eigenvalue weighted by Gasteiger charge is 2.24. The molecule has 1 N–H and O–H groups in total. The Labute approximate surface area is 123 Å². The van der Waals surface area contributed by atoms with Gasteiger partial charge in [-0.25, -0.2) is 0 Å². The maximum absolute atomic E-state index is 5.56. The topological polar surface area (TPSA) is 48.3 Å². The van der Waals surface area contributed by atoms with Gasteiger partial charge in [0.25, 0.3) is 0 Å². The van der Waals surface area contributed by atoms with Crippen LogP contribution in [-0.4, -0.2) is 16.6 Å². The summed E-state index contributed by atoms with van der Waals surface area (Å²) in [4.78, 5) is 0. The van der Waals surface area contributed by atoms with Crippen LogP contribution < -0.4 is 14.8 Å². The molecule has 1 aromatic heterocycles. The lowest BCUT2D eigenvalue weighted by Crippen LogP contribution is -2.25. The lowest BCUT2D eigenvalue weighted by atomic mass is 9.93. The minimum absolute atomic E-state index is 0.322. The maximum atomic E-state index is 5.56. The first-order chi connectivity index (χ1) is 10.3. The largest absolute Gasteiger partial charge is 0.454 e. The van der Waals surface area contributed by atoms with E-state index >= 15 is 0 Å². The fourth-order valence-electron chi connectivity index (χ4n) is 3.28. The average Bonchev–Trinajstić information content (AvgIpc) is 3.13. The molecule has 1 atom stereocenters. The van der Waals surface area contributed by atoms with Crippen molar-refractivity contribution in [3.8, 4) is 11.5 Å². The van der Waals surface area contributed by atoms with Crippen molar-refractivity contribution in [2.24, 2.45) is 7.05 Å². The Hall–Kier alpha value is -2.01. The van der Waals surface area contributed by atoms with Gasteiger partial charge in [0, 0.05) is 36.5 Å². The van der Waals surface area contributed by atoms with Crippen LogP contribution in [0.25, 0.3) is 0 Å². The van der Waals surface area contributed by atoms with E-state index in [0.29, 0.717) is 12.8 Å². The molecule has 5 heteroatoms. The summed E-state index contributed by atoms with van der Waals surface area (Å²) in [5.41, 5.74) is 3.85. The standard InChI is InChI=1S/C16H19N3O2/c1-19-14-6-3-5-13(12(14)9-18-19)17-8-11-4-2-7-15-16(11)21-10-20-15/h2,4,7,9,13,17H,3,5-6,8,10H2,1H3. The van der Waals surface area contributed by atoms with Crippen molar-refractivity contribution in [3.63, 3.8) is 0 Å². The first kappa shape index (κ1) is 12.7. The summed E-state index contributed by atoms with van der Waals surface area (Å²) in [5, 5.41) is 8.04. The smallest absolute Gasteiger partial charge is 0.231 e. The molecule has 2 heterocycles. The molecule has 0 saturated heterocycles. The molecule has 21 heavy (non-hydrogen) atoms. The monoisotopic (exact) mass is 285 g/mol. The molecule has 0 bridgehead atoms. The van der Waals surface area contributed by atoms with Crippen LogP contribution in [0, 0.1) is 0 Å². The number of aromatic nitrogens is 2. The van der Waals surface area contributed by atoms with Crippen LogP contribution in [0.4, 0.5) is 0 Å². The summed E-state index contributed by atoms with van der Waals surface area (Å²) in [7, 11) is 2.02. The lowest BCUT2D eigenvalue weighted by Gasteiger charge is -2.24. The van der Waals surface area contributed by atoms with Gasteiger partial charge in [0.05, 0.1) is 6.20 Å². The first-order valence-electron chi connectivity index (χ1n) is 7.44. The zero-order chi connectivity index (χ0) is 14.2. The zero-order valence-electron chi connectivity index (χ0n) is 12.1. The molecule has 1 aliphatic carbocycles. The number of fused-ring (bicyclic) bond motifs is 2. The van der Waals surface area contributed by atoms with Crippen LogP contribution in [0.2, 0.25) is 0 Å². The highest BCUT2D eigenvalue weighted by atomic mass is 16.7. The van der Waals surface area contributed by atoms with Crippen LogP contribution in [0.3, 0.4) is 0 Å². The molecular weight excluding hydrogens is 266 g/mol. The van der Waals surface area contributed by atoms with Crippen molar-refractivity contribution in [3.05, 3.63) is 41.2 Å². The van der Waals surface area contributed by atoms with Gasteiger partial charge < -0.3 is 14.8 Å². The van der Waals surface area contributed by atoms with E-state index in [9.17, 15) is 0 Å². The van der Waals surface area contributed by atoms with Gasteiger partial charge in [-0.05, 0) is 25.3 Å². The predicted molar refractivity (Wildman–Crippen MR) is 78.3 cm³/mol. The van der Waals surface area contributed by atoms with Gasteiger partial charge in [-0.15, -0.1) is 0 Å². The molecule has 1 aliphatic heterocycles. The third kappa shape index (κ3) is 2.17. The van der Waals surface area contributed by atoms with E-state index in [2.05, 4.69) is 16.5 Å². The van der Waals surface area contributed by atoms with Crippen molar-refractivity contribution in [1.82, 2.24) is 15.1 Å². The molecule has 0 saturated carbocycles. The van der Waals surface area contributed by atoms with Crippen LogP contribution >= 0.6 is 0 Å². The van der Waals surface area contributed by atoms with E-state index in [-0.39, 0.29) is 0 Å². The van der Waals surface area contributed by atoms with Gasteiger partial charge in [-0.1, -0.05) is 12.1 Å². The lowest BCUT2D eigenvalue weighted by molar-refractivity contribution is 0.173. The molecule has 0 fully saturated rings. The van der Waals surface area contributed by atoms with Gasteiger partial charge in [0.15, 0.2) is 11.5 Å². The quantitative estimate of drug-likeness (QED) is 0.940. The number of nitrogens with one attached hydrogen (secondary N) is 1. The second-order valence-electron chi connectivity index (χ2n) is 5.65. The predicted octanol–water partition coefficient (Wildman–Crippen LogP) is 2.32.